The third-order valence-corrected chi connectivity index (χ3v) is 4.40. The highest BCUT2D eigenvalue weighted by molar-refractivity contribution is 9.10. The summed E-state index contributed by atoms with van der Waals surface area (Å²) >= 11 is 3.35. The molecule has 3 amide bonds. The van der Waals surface area contributed by atoms with E-state index in [0.29, 0.717) is 6.61 Å². The third-order valence-electron chi connectivity index (χ3n) is 3.87. The molecular formula is C17H21BrN2O5. The zero-order valence-electron chi connectivity index (χ0n) is 14.3. The molecule has 0 unspecified atom stereocenters. The van der Waals surface area contributed by atoms with E-state index in [0.717, 1.165) is 14.9 Å². The van der Waals surface area contributed by atoms with Crippen LogP contribution in [0, 0.1) is 5.92 Å². The van der Waals surface area contributed by atoms with E-state index in [1.54, 1.807) is 13.8 Å². The van der Waals surface area contributed by atoms with Crippen molar-refractivity contribution >= 4 is 33.8 Å². The molecular weight excluding hydrogens is 392 g/mol. The van der Waals surface area contributed by atoms with E-state index in [4.69, 9.17) is 9.47 Å². The van der Waals surface area contributed by atoms with Gasteiger partial charge in [0.2, 0.25) is 0 Å². The second-order valence-electron chi connectivity index (χ2n) is 6.06. The summed E-state index contributed by atoms with van der Waals surface area (Å²) in [5, 5.41) is 2.56. The number of ether oxygens (including phenoxy) is 2. The molecule has 0 radical (unpaired) electrons. The van der Waals surface area contributed by atoms with Gasteiger partial charge in [-0.15, -0.1) is 0 Å². The SMILES string of the molecule is COC(=O)[C@@H](C(C)C)N1C(=O)N[C@@H](COCc2ccc(Br)cc2)C1=O. The Balaban J connectivity index is 1.97. The first kappa shape index (κ1) is 19.4. The smallest absolute Gasteiger partial charge is 0.329 e. The summed E-state index contributed by atoms with van der Waals surface area (Å²) in [4.78, 5) is 37.5. The zero-order chi connectivity index (χ0) is 18.6. The number of esters is 1. The molecule has 1 heterocycles. The normalized spacial score (nSPS) is 18.4. The lowest BCUT2D eigenvalue weighted by Crippen LogP contribution is -2.49. The Labute approximate surface area is 154 Å². The summed E-state index contributed by atoms with van der Waals surface area (Å²) in [5.41, 5.74) is 0.950. The lowest BCUT2D eigenvalue weighted by molar-refractivity contribution is -0.151. The van der Waals surface area contributed by atoms with E-state index in [-0.39, 0.29) is 12.5 Å². The second-order valence-corrected chi connectivity index (χ2v) is 6.98. The summed E-state index contributed by atoms with van der Waals surface area (Å²) in [6, 6.07) is 5.22. The number of hydrogen-bond donors (Lipinski definition) is 1. The predicted octanol–water partition coefficient (Wildman–Crippen LogP) is 2.08. The van der Waals surface area contributed by atoms with Gasteiger partial charge in [0.15, 0.2) is 0 Å². The van der Waals surface area contributed by atoms with Gasteiger partial charge in [-0.1, -0.05) is 41.9 Å². The van der Waals surface area contributed by atoms with Crippen LogP contribution in [0.2, 0.25) is 0 Å². The van der Waals surface area contributed by atoms with Crippen molar-refractivity contribution in [2.24, 2.45) is 5.92 Å². The van der Waals surface area contributed by atoms with Crippen molar-refractivity contribution in [1.82, 2.24) is 10.2 Å². The maximum Gasteiger partial charge on any atom is 0.329 e. The Morgan fingerprint density at radius 1 is 1.28 bits per heavy atom. The minimum atomic E-state index is -0.950. The number of halogens is 1. The number of imide groups is 1. The molecule has 25 heavy (non-hydrogen) atoms. The molecule has 1 aliphatic heterocycles. The van der Waals surface area contributed by atoms with E-state index < -0.39 is 30.0 Å². The Morgan fingerprint density at radius 2 is 1.92 bits per heavy atom. The number of urea groups is 1. The molecule has 1 aromatic carbocycles. The van der Waals surface area contributed by atoms with Gasteiger partial charge in [-0.2, -0.15) is 0 Å². The molecule has 0 bridgehead atoms. The van der Waals surface area contributed by atoms with E-state index in [2.05, 4.69) is 21.2 Å². The van der Waals surface area contributed by atoms with Crippen LogP contribution in [0.4, 0.5) is 4.79 Å². The molecule has 0 aliphatic carbocycles. The summed E-state index contributed by atoms with van der Waals surface area (Å²) in [7, 11) is 1.23. The lowest BCUT2D eigenvalue weighted by Gasteiger charge is -2.26. The van der Waals surface area contributed by atoms with Crippen LogP contribution < -0.4 is 5.32 Å². The average Bonchev–Trinajstić information content (AvgIpc) is 2.84. The molecule has 1 aliphatic rings. The van der Waals surface area contributed by atoms with Crippen LogP contribution in [0.1, 0.15) is 19.4 Å². The molecule has 0 spiro atoms. The third kappa shape index (κ3) is 4.58. The fraction of sp³-hybridized carbons (Fsp3) is 0.471. The molecule has 1 saturated heterocycles. The van der Waals surface area contributed by atoms with E-state index in [1.165, 1.54) is 7.11 Å². The molecule has 7 nitrogen and oxygen atoms in total. The van der Waals surface area contributed by atoms with Crippen LogP contribution in [0.15, 0.2) is 28.7 Å². The standard InChI is InChI=1S/C17H21BrN2O5/c1-10(2)14(16(22)24-3)20-15(21)13(19-17(20)23)9-25-8-11-4-6-12(18)7-5-11/h4-7,10,13-14H,8-9H2,1-3H3,(H,19,23)/t13-,14+/m0/s1. The molecule has 2 atom stereocenters. The van der Waals surface area contributed by atoms with Crippen molar-refractivity contribution in [3.05, 3.63) is 34.3 Å². The minimum absolute atomic E-state index is 0.0309. The Morgan fingerprint density at radius 3 is 2.48 bits per heavy atom. The molecule has 2 rings (SSSR count). The van der Waals surface area contributed by atoms with Gasteiger partial charge in [-0.3, -0.25) is 4.79 Å². The van der Waals surface area contributed by atoms with Crippen LogP contribution >= 0.6 is 15.9 Å². The van der Waals surface area contributed by atoms with E-state index in [1.807, 2.05) is 24.3 Å². The summed E-state index contributed by atoms with van der Waals surface area (Å²) in [5.74, 6) is -1.36. The second kappa shape index (κ2) is 8.44. The van der Waals surface area contributed by atoms with Gasteiger partial charge >= 0.3 is 12.0 Å². The highest BCUT2D eigenvalue weighted by Crippen LogP contribution is 2.19. The van der Waals surface area contributed by atoms with Gasteiger partial charge in [-0.05, 0) is 23.6 Å². The van der Waals surface area contributed by atoms with E-state index in [9.17, 15) is 14.4 Å². The molecule has 136 valence electrons. The molecule has 0 saturated carbocycles. The number of amides is 3. The first-order chi connectivity index (χ1) is 11.8. The molecule has 1 fully saturated rings. The van der Waals surface area contributed by atoms with Crippen LogP contribution in [0.25, 0.3) is 0 Å². The zero-order valence-corrected chi connectivity index (χ0v) is 15.9. The summed E-state index contributed by atoms with van der Waals surface area (Å²) in [6.07, 6.45) is 0. The van der Waals surface area contributed by atoms with Gasteiger partial charge in [0.05, 0.1) is 20.3 Å². The number of carbonyl (C=O) groups is 3. The van der Waals surface area contributed by atoms with Crippen LogP contribution in [-0.4, -0.2) is 48.6 Å². The fourth-order valence-corrected chi connectivity index (χ4v) is 2.86. The average molecular weight is 413 g/mol. The number of carbonyl (C=O) groups excluding carboxylic acids is 3. The van der Waals surface area contributed by atoms with Crippen molar-refractivity contribution < 1.29 is 23.9 Å². The number of methoxy groups -OCH3 is 1. The number of benzene rings is 1. The largest absolute Gasteiger partial charge is 0.467 e. The number of nitrogens with zero attached hydrogens (tertiary/aromatic N) is 1. The van der Waals surface area contributed by atoms with Crippen molar-refractivity contribution in [2.75, 3.05) is 13.7 Å². The number of nitrogens with one attached hydrogen (secondary N) is 1. The van der Waals surface area contributed by atoms with Crippen LogP contribution in [0.5, 0.6) is 0 Å². The van der Waals surface area contributed by atoms with Crippen LogP contribution in [0.3, 0.4) is 0 Å². The quantitative estimate of drug-likeness (QED) is 0.547. The Hall–Kier alpha value is -1.93. The molecule has 8 heteroatoms. The Kier molecular flexibility index (Phi) is 6.55. The maximum atomic E-state index is 12.5. The van der Waals surface area contributed by atoms with E-state index >= 15 is 0 Å². The number of hydrogen-bond acceptors (Lipinski definition) is 5. The predicted molar refractivity (Wildman–Crippen MR) is 93.6 cm³/mol. The van der Waals surface area contributed by atoms with Crippen molar-refractivity contribution in [3.8, 4) is 0 Å². The summed E-state index contributed by atoms with van der Waals surface area (Å²) in [6.45, 7) is 3.85. The van der Waals surface area contributed by atoms with Crippen LogP contribution in [-0.2, 0) is 25.7 Å². The minimum Gasteiger partial charge on any atom is -0.467 e. The molecule has 1 aromatic rings. The first-order valence-corrected chi connectivity index (χ1v) is 8.68. The first-order valence-electron chi connectivity index (χ1n) is 7.88. The summed E-state index contributed by atoms with van der Waals surface area (Å²) < 4.78 is 11.2. The molecule has 1 N–H and O–H groups in total. The van der Waals surface area contributed by atoms with Crippen molar-refractivity contribution in [1.29, 1.82) is 0 Å². The fourth-order valence-electron chi connectivity index (χ4n) is 2.60. The highest BCUT2D eigenvalue weighted by atomic mass is 79.9. The Bertz CT molecular complexity index is 647. The van der Waals surface area contributed by atoms with Gasteiger partial charge < -0.3 is 14.8 Å². The van der Waals surface area contributed by atoms with Gasteiger partial charge in [0, 0.05) is 4.47 Å². The lowest BCUT2D eigenvalue weighted by atomic mass is 10.0. The van der Waals surface area contributed by atoms with Crippen molar-refractivity contribution in [2.45, 2.75) is 32.5 Å². The monoisotopic (exact) mass is 412 g/mol. The van der Waals surface area contributed by atoms with Crippen molar-refractivity contribution in [3.63, 3.8) is 0 Å². The van der Waals surface area contributed by atoms with Gasteiger partial charge in [0.25, 0.3) is 5.91 Å². The number of rotatable bonds is 7. The highest BCUT2D eigenvalue weighted by Gasteiger charge is 2.46. The topological polar surface area (TPSA) is 84.9 Å². The maximum absolute atomic E-state index is 12.5. The molecule has 0 aromatic heterocycles. The van der Waals surface area contributed by atoms with Gasteiger partial charge in [-0.25, -0.2) is 14.5 Å². The van der Waals surface area contributed by atoms with Gasteiger partial charge in [0.1, 0.15) is 12.1 Å².